The fourth-order valence-electron chi connectivity index (χ4n) is 2.73. The van der Waals surface area contributed by atoms with Crippen LogP contribution in [-0.4, -0.2) is 25.3 Å². The third-order valence-electron chi connectivity index (χ3n) is 3.92. The van der Waals surface area contributed by atoms with Crippen LogP contribution in [0.3, 0.4) is 0 Å². The Bertz CT molecular complexity index is 169. The van der Waals surface area contributed by atoms with Gasteiger partial charge in [0.1, 0.15) is 0 Å². The minimum absolute atomic E-state index is 0.498. The Labute approximate surface area is 93.8 Å². The summed E-state index contributed by atoms with van der Waals surface area (Å²) in [5.41, 5.74) is 0. The lowest BCUT2D eigenvalue weighted by atomic mass is 9.87. The molecule has 0 aromatic heterocycles. The number of hydrogen-bond acceptors (Lipinski definition) is 2. The summed E-state index contributed by atoms with van der Waals surface area (Å²) in [5.74, 6) is 0.953. The molecule has 0 amide bonds. The van der Waals surface area contributed by atoms with Crippen molar-refractivity contribution < 1.29 is 4.74 Å². The summed E-state index contributed by atoms with van der Waals surface area (Å²) in [6.45, 7) is 4.44. The van der Waals surface area contributed by atoms with Crippen LogP contribution in [0.15, 0.2) is 0 Å². The molecule has 1 N–H and O–H groups in total. The van der Waals surface area contributed by atoms with Crippen LogP contribution >= 0.6 is 0 Å². The van der Waals surface area contributed by atoms with Crippen LogP contribution in [0.2, 0.25) is 0 Å². The summed E-state index contributed by atoms with van der Waals surface area (Å²) in [4.78, 5) is 0. The Hall–Kier alpha value is -0.0800. The highest BCUT2D eigenvalue weighted by Crippen LogP contribution is 2.23. The predicted molar refractivity (Wildman–Crippen MR) is 63.0 cm³/mol. The maximum absolute atomic E-state index is 5.73. The first-order valence-corrected chi connectivity index (χ1v) is 6.69. The number of nitrogens with one attached hydrogen (secondary N) is 1. The van der Waals surface area contributed by atoms with Gasteiger partial charge in [0.2, 0.25) is 0 Å². The highest BCUT2D eigenvalue weighted by Gasteiger charge is 2.20. The maximum atomic E-state index is 5.73. The van der Waals surface area contributed by atoms with Crippen molar-refractivity contribution in [1.29, 1.82) is 0 Å². The van der Waals surface area contributed by atoms with Gasteiger partial charge in [0.25, 0.3) is 0 Å². The third kappa shape index (κ3) is 3.76. The van der Waals surface area contributed by atoms with Gasteiger partial charge in [-0.25, -0.2) is 0 Å². The van der Waals surface area contributed by atoms with Crippen molar-refractivity contribution in [1.82, 2.24) is 5.32 Å². The van der Waals surface area contributed by atoms with Gasteiger partial charge in [-0.05, 0) is 50.9 Å². The van der Waals surface area contributed by atoms with Gasteiger partial charge < -0.3 is 10.1 Å². The Kier molecular flexibility index (Phi) is 4.45. The first-order chi connectivity index (χ1) is 7.34. The second-order valence-electron chi connectivity index (χ2n) is 5.35. The number of ether oxygens (including phenoxy) is 1. The van der Waals surface area contributed by atoms with Crippen molar-refractivity contribution in [2.45, 2.75) is 64.0 Å². The molecular weight excluding hydrogens is 186 g/mol. The molecule has 1 aliphatic carbocycles. The molecule has 2 aliphatic rings. The van der Waals surface area contributed by atoms with Gasteiger partial charge in [0, 0.05) is 19.2 Å². The molecule has 0 bridgehead atoms. The van der Waals surface area contributed by atoms with E-state index in [1.807, 2.05) is 0 Å². The fourth-order valence-corrected chi connectivity index (χ4v) is 2.73. The molecule has 2 rings (SSSR count). The minimum Gasteiger partial charge on any atom is -0.377 e. The smallest absolute Gasteiger partial charge is 0.0699 e. The number of rotatable bonds is 3. The Morgan fingerprint density at radius 1 is 1.07 bits per heavy atom. The second kappa shape index (κ2) is 5.86. The quantitative estimate of drug-likeness (QED) is 0.775. The van der Waals surface area contributed by atoms with Crippen LogP contribution in [0.25, 0.3) is 0 Å². The topological polar surface area (TPSA) is 21.3 Å². The zero-order valence-electron chi connectivity index (χ0n) is 10.0. The summed E-state index contributed by atoms with van der Waals surface area (Å²) >= 11 is 0. The Morgan fingerprint density at radius 3 is 2.53 bits per heavy atom. The summed E-state index contributed by atoms with van der Waals surface area (Å²) in [6, 6.07) is 0.770. The van der Waals surface area contributed by atoms with E-state index in [2.05, 4.69) is 12.2 Å². The van der Waals surface area contributed by atoms with E-state index in [9.17, 15) is 0 Å². The Morgan fingerprint density at radius 2 is 1.87 bits per heavy atom. The zero-order valence-corrected chi connectivity index (χ0v) is 10.0. The second-order valence-corrected chi connectivity index (χ2v) is 5.35. The van der Waals surface area contributed by atoms with Crippen molar-refractivity contribution in [2.24, 2.45) is 5.92 Å². The molecule has 1 atom stereocenters. The molecule has 1 saturated heterocycles. The minimum atomic E-state index is 0.498. The summed E-state index contributed by atoms with van der Waals surface area (Å²) in [7, 11) is 0. The van der Waals surface area contributed by atoms with Crippen LogP contribution in [0, 0.1) is 5.92 Å². The van der Waals surface area contributed by atoms with Gasteiger partial charge in [0.15, 0.2) is 0 Å². The van der Waals surface area contributed by atoms with Crippen LogP contribution in [-0.2, 0) is 4.74 Å². The lowest BCUT2D eigenvalue weighted by Crippen LogP contribution is -2.39. The first-order valence-electron chi connectivity index (χ1n) is 6.69. The van der Waals surface area contributed by atoms with E-state index >= 15 is 0 Å². The first kappa shape index (κ1) is 11.4. The Balaban J connectivity index is 1.60. The van der Waals surface area contributed by atoms with Crippen LogP contribution in [0.1, 0.15) is 51.9 Å². The monoisotopic (exact) mass is 211 g/mol. The maximum Gasteiger partial charge on any atom is 0.0699 e. The summed E-state index contributed by atoms with van der Waals surface area (Å²) in [5, 5.41) is 3.69. The van der Waals surface area contributed by atoms with Crippen molar-refractivity contribution >= 4 is 0 Å². The van der Waals surface area contributed by atoms with Gasteiger partial charge in [-0.15, -0.1) is 0 Å². The highest BCUT2D eigenvalue weighted by atomic mass is 16.5. The molecule has 0 spiro atoms. The summed E-state index contributed by atoms with van der Waals surface area (Å²) < 4.78 is 5.73. The molecular formula is C13H25NO. The van der Waals surface area contributed by atoms with Gasteiger partial charge in [-0.1, -0.05) is 6.92 Å². The molecule has 88 valence electrons. The largest absolute Gasteiger partial charge is 0.377 e. The normalized spacial score (nSPS) is 37.8. The van der Waals surface area contributed by atoms with Crippen molar-refractivity contribution in [2.75, 3.05) is 13.2 Å². The van der Waals surface area contributed by atoms with Crippen LogP contribution < -0.4 is 5.32 Å². The average Bonchev–Trinajstić information content (AvgIpc) is 2.30. The van der Waals surface area contributed by atoms with Gasteiger partial charge in [-0.2, -0.15) is 0 Å². The van der Waals surface area contributed by atoms with E-state index in [1.165, 1.54) is 44.9 Å². The van der Waals surface area contributed by atoms with Crippen molar-refractivity contribution in [3.63, 3.8) is 0 Å². The lowest BCUT2D eigenvalue weighted by Gasteiger charge is -2.30. The molecule has 0 aromatic carbocycles. The molecule has 2 fully saturated rings. The molecule has 15 heavy (non-hydrogen) atoms. The van der Waals surface area contributed by atoms with E-state index in [0.29, 0.717) is 6.10 Å². The molecule has 0 aromatic rings. The van der Waals surface area contributed by atoms with E-state index < -0.39 is 0 Å². The molecule has 2 nitrogen and oxygen atoms in total. The predicted octanol–water partition coefficient (Wildman–Crippen LogP) is 2.72. The molecule has 1 saturated carbocycles. The van der Waals surface area contributed by atoms with E-state index in [0.717, 1.165) is 25.1 Å². The average molecular weight is 211 g/mol. The third-order valence-corrected chi connectivity index (χ3v) is 3.92. The molecule has 0 radical (unpaired) electrons. The molecule has 1 unspecified atom stereocenters. The van der Waals surface area contributed by atoms with Crippen molar-refractivity contribution in [3.8, 4) is 0 Å². The number of hydrogen-bond donors (Lipinski definition) is 1. The van der Waals surface area contributed by atoms with Crippen LogP contribution in [0.4, 0.5) is 0 Å². The molecule has 2 heteroatoms. The molecule has 1 heterocycles. The van der Waals surface area contributed by atoms with E-state index in [4.69, 9.17) is 4.74 Å². The van der Waals surface area contributed by atoms with Gasteiger partial charge >= 0.3 is 0 Å². The summed E-state index contributed by atoms with van der Waals surface area (Å²) in [6.07, 6.45) is 9.92. The van der Waals surface area contributed by atoms with E-state index in [1.54, 1.807) is 0 Å². The van der Waals surface area contributed by atoms with Gasteiger partial charge in [0.05, 0.1) is 6.10 Å². The lowest BCUT2D eigenvalue weighted by molar-refractivity contribution is 0.0144. The van der Waals surface area contributed by atoms with Crippen molar-refractivity contribution in [3.05, 3.63) is 0 Å². The molecule has 1 aliphatic heterocycles. The van der Waals surface area contributed by atoms with Gasteiger partial charge in [-0.3, -0.25) is 0 Å². The highest BCUT2D eigenvalue weighted by molar-refractivity contribution is 4.77. The zero-order chi connectivity index (χ0) is 10.5. The van der Waals surface area contributed by atoms with E-state index in [-0.39, 0.29) is 0 Å². The van der Waals surface area contributed by atoms with Crippen LogP contribution in [0.5, 0.6) is 0 Å². The fraction of sp³-hybridized carbons (Fsp3) is 1.00. The SMILES string of the molecule is CC1CCC(NCC2CCCCO2)CC1. The standard InChI is InChI=1S/C13H25NO/c1-11-5-7-12(8-6-11)14-10-13-4-2-3-9-15-13/h11-14H,2-10H2,1H3.